The average Bonchev–Trinajstić information content (AvgIpc) is 3.47. The third-order valence-corrected chi connectivity index (χ3v) is 7.77. The summed E-state index contributed by atoms with van der Waals surface area (Å²) in [4.78, 5) is 33.4. The summed E-state index contributed by atoms with van der Waals surface area (Å²) in [5.74, 6) is -0.514. The van der Waals surface area contributed by atoms with E-state index in [9.17, 15) is 14.7 Å². The molecule has 3 aromatic carbocycles. The highest BCUT2D eigenvalue weighted by atomic mass is 32.1. The number of benzene rings is 3. The Balaban J connectivity index is 1.68. The maximum absolute atomic E-state index is 13.6. The summed E-state index contributed by atoms with van der Waals surface area (Å²) in [5.41, 5.74) is 3.92. The number of aliphatic hydroxyl groups excluding tert-OH is 1. The quantitative estimate of drug-likeness (QED) is 0.115. The van der Waals surface area contributed by atoms with Gasteiger partial charge in [0, 0.05) is 5.56 Å². The van der Waals surface area contributed by atoms with Gasteiger partial charge < -0.3 is 14.6 Å². The monoisotopic (exact) mass is 542 g/mol. The minimum atomic E-state index is -0.885. The Bertz CT molecular complexity index is 1590. The second-order valence-electron chi connectivity index (χ2n) is 9.60. The number of carbonyl (C=O) groups is 2. The SMILES string of the molecule is CCCCOc1cccc(C2/C(=C(\O)c3ccc(OC)cc3)C(=O)C(=O)N2c2nc3c(C)cc(C)cc3s2)c1. The lowest BCUT2D eigenvalue weighted by atomic mass is 9.95. The van der Waals surface area contributed by atoms with Crippen molar-refractivity contribution in [2.45, 2.75) is 39.7 Å². The van der Waals surface area contributed by atoms with Gasteiger partial charge in [0.25, 0.3) is 5.78 Å². The third-order valence-electron chi connectivity index (χ3n) is 6.77. The minimum Gasteiger partial charge on any atom is -0.507 e. The minimum absolute atomic E-state index is 0.00281. The Morgan fingerprint density at radius 1 is 1.05 bits per heavy atom. The van der Waals surface area contributed by atoms with Crippen molar-refractivity contribution in [3.05, 3.63) is 88.5 Å². The van der Waals surface area contributed by atoms with Crippen molar-refractivity contribution in [3.8, 4) is 11.5 Å². The number of hydrogen-bond acceptors (Lipinski definition) is 7. The molecule has 1 saturated heterocycles. The van der Waals surface area contributed by atoms with E-state index in [0.717, 1.165) is 34.2 Å². The van der Waals surface area contributed by atoms with E-state index >= 15 is 0 Å². The van der Waals surface area contributed by atoms with Crippen LogP contribution < -0.4 is 14.4 Å². The van der Waals surface area contributed by atoms with Crippen LogP contribution in [0.4, 0.5) is 5.13 Å². The first-order chi connectivity index (χ1) is 18.8. The molecule has 5 rings (SSSR count). The number of amides is 1. The predicted molar refractivity (Wildman–Crippen MR) is 154 cm³/mol. The zero-order valence-electron chi connectivity index (χ0n) is 22.4. The standard InChI is InChI=1S/C31H30N2O5S/c1-5-6-14-38-23-9-7-8-21(17-23)27-25(28(34)20-10-12-22(37-4)13-11-20)29(35)30(36)33(27)31-32-26-19(3)15-18(2)16-24(26)39-31/h7-13,15-17,27,34H,5-6,14H2,1-4H3/b28-25+. The lowest BCUT2D eigenvalue weighted by Crippen LogP contribution is -2.29. The first-order valence-electron chi connectivity index (χ1n) is 12.9. The van der Waals surface area contributed by atoms with Gasteiger partial charge in [0.2, 0.25) is 0 Å². The number of hydrogen-bond donors (Lipinski definition) is 1. The van der Waals surface area contributed by atoms with Gasteiger partial charge in [-0.3, -0.25) is 14.5 Å². The number of anilines is 1. The third kappa shape index (κ3) is 5.00. The molecule has 4 aromatic rings. The van der Waals surface area contributed by atoms with Crippen LogP contribution in [0.3, 0.4) is 0 Å². The molecule has 1 aliphatic rings. The van der Waals surface area contributed by atoms with Crippen LogP contribution in [-0.4, -0.2) is 35.5 Å². The fraction of sp³-hybridized carbons (Fsp3) is 0.258. The van der Waals surface area contributed by atoms with Gasteiger partial charge in [-0.15, -0.1) is 0 Å². The van der Waals surface area contributed by atoms with Gasteiger partial charge in [-0.05, 0) is 79.4 Å². The number of Topliss-reactive ketones (excluding diaryl/α,β-unsaturated/α-hetero) is 1. The van der Waals surface area contributed by atoms with Crippen molar-refractivity contribution >= 4 is 44.1 Å². The summed E-state index contributed by atoms with van der Waals surface area (Å²) in [6.07, 6.45) is 1.91. The van der Waals surface area contributed by atoms with Crippen LogP contribution in [0, 0.1) is 13.8 Å². The second kappa shape index (κ2) is 10.9. The Kier molecular flexibility index (Phi) is 7.39. The molecule has 8 heteroatoms. The van der Waals surface area contributed by atoms with Gasteiger partial charge in [-0.25, -0.2) is 4.98 Å². The second-order valence-corrected chi connectivity index (χ2v) is 10.6. The molecular weight excluding hydrogens is 512 g/mol. The zero-order valence-corrected chi connectivity index (χ0v) is 23.2. The van der Waals surface area contributed by atoms with Crippen molar-refractivity contribution in [3.63, 3.8) is 0 Å². The van der Waals surface area contributed by atoms with Crippen LogP contribution in [0.15, 0.2) is 66.2 Å². The Hall–Kier alpha value is -4.17. The summed E-state index contributed by atoms with van der Waals surface area (Å²) in [5, 5.41) is 11.8. The topological polar surface area (TPSA) is 89.0 Å². The molecule has 2 heterocycles. The molecule has 0 spiro atoms. The number of thiazole rings is 1. The molecule has 7 nitrogen and oxygen atoms in total. The maximum atomic E-state index is 13.6. The Morgan fingerprint density at radius 2 is 1.82 bits per heavy atom. The highest BCUT2D eigenvalue weighted by molar-refractivity contribution is 7.22. The number of methoxy groups -OCH3 is 1. The molecular formula is C31H30N2O5S. The van der Waals surface area contributed by atoms with E-state index in [-0.39, 0.29) is 11.3 Å². The lowest BCUT2D eigenvalue weighted by molar-refractivity contribution is -0.132. The normalized spacial score (nSPS) is 16.7. The van der Waals surface area contributed by atoms with Gasteiger partial charge >= 0.3 is 5.91 Å². The number of nitrogens with zero attached hydrogens (tertiary/aromatic N) is 2. The molecule has 200 valence electrons. The molecule has 1 aliphatic heterocycles. The number of aromatic nitrogens is 1. The molecule has 0 bridgehead atoms. The number of carbonyl (C=O) groups excluding carboxylic acids is 2. The molecule has 0 radical (unpaired) electrons. The van der Waals surface area contributed by atoms with Crippen LogP contribution in [-0.2, 0) is 9.59 Å². The molecule has 1 unspecified atom stereocenters. The van der Waals surface area contributed by atoms with Crippen LogP contribution in [0.2, 0.25) is 0 Å². The van der Waals surface area contributed by atoms with Crippen LogP contribution in [0.5, 0.6) is 11.5 Å². The van der Waals surface area contributed by atoms with E-state index in [1.165, 1.54) is 16.2 Å². The number of aryl methyl sites for hydroxylation is 2. The van der Waals surface area contributed by atoms with Crippen LogP contribution in [0.25, 0.3) is 16.0 Å². The van der Waals surface area contributed by atoms with Gasteiger partial charge in [0.15, 0.2) is 5.13 Å². The molecule has 1 fully saturated rings. The fourth-order valence-corrected chi connectivity index (χ4v) is 5.99. The molecule has 1 atom stereocenters. The largest absolute Gasteiger partial charge is 0.507 e. The number of aliphatic hydroxyl groups is 1. The summed E-state index contributed by atoms with van der Waals surface area (Å²) >= 11 is 1.35. The lowest BCUT2D eigenvalue weighted by Gasteiger charge is -2.23. The summed E-state index contributed by atoms with van der Waals surface area (Å²) in [6, 6.07) is 17.2. The maximum Gasteiger partial charge on any atom is 0.301 e. The highest BCUT2D eigenvalue weighted by Crippen LogP contribution is 2.45. The van der Waals surface area contributed by atoms with Crippen LogP contribution >= 0.6 is 11.3 Å². The first-order valence-corrected chi connectivity index (χ1v) is 13.7. The molecule has 39 heavy (non-hydrogen) atoms. The number of rotatable bonds is 8. The molecule has 1 amide bonds. The van der Waals surface area contributed by atoms with Crippen molar-refractivity contribution in [1.82, 2.24) is 4.98 Å². The van der Waals surface area contributed by atoms with E-state index in [2.05, 4.69) is 6.92 Å². The van der Waals surface area contributed by atoms with Gasteiger partial charge in [0.1, 0.15) is 17.3 Å². The zero-order chi connectivity index (χ0) is 27.7. The number of unbranched alkanes of at least 4 members (excludes halogenated alkanes) is 1. The van der Waals surface area contributed by atoms with Gasteiger partial charge in [-0.1, -0.05) is 42.9 Å². The number of ketones is 1. The van der Waals surface area contributed by atoms with Gasteiger partial charge in [0.05, 0.1) is 35.5 Å². The van der Waals surface area contributed by atoms with E-state index in [1.54, 1.807) is 31.4 Å². The highest BCUT2D eigenvalue weighted by Gasteiger charge is 2.48. The van der Waals surface area contributed by atoms with Gasteiger partial charge in [-0.2, -0.15) is 0 Å². The Morgan fingerprint density at radius 3 is 2.54 bits per heavy atom. The molecule has 1 N–H and O–H groups in total. The summed E-state index contributed by atoms with van der Waals surface area (Å²) in [6.45, 7) is 6.64. The number of fused-ring (bicyclic) bond motifs is 1. The van der Waals surface area contributed by atoms with E-state index in [4.69, 9.17) is 14.5 Å². The average molecular weight is 543 g/mol. The predicted octanol–water partition coefficient (Wildman–Crippen LogP) is 6.73. The van der Waals surface area contributed by atoms with Crippen molar-refractivity contribution in [2.75, 3.05) is 18.6 Å². The molecule has 0 saturated carbocycles. The van der Waals surface area contributed by atoms with Crippen molar-refractivity contribution in [1.29, 1.82) is 0 Å². The van der Waals surface area contributed by atoms with Crippen molar-refractivity contribution in [2.24, 2.45) is 0 Å². The molecule has 1 aromatic heterocycles. The first kappa shape index (κ1) is 26.4. The summed E-state index contributed by atoms with van der Waals surface area (Å²) < 4.78 is 12.1. The summed E-state index contributed by atoms with van der Waals surface area (Å²) in [7, 11) is 1.55. The van der Waals surface area contributed by atoms with Crippen molar-refractivity contribution < 1.29 is 24.2 Å². The van der Waals surface area contributed by atoms with E-state index < -0.39 is 17.7 Å². The van der Waals surface area contributed by atoms with Crippen LogP contribution in [0.1, 0.15) is 48.1 Å². The van der Waals surface area contributed by atoms with E-state index in [1.807, 2.05) is 50.2 Å². The fourth-order valence-electron chi connectivity index (χ4n) is 4.82. The smallest absolute Gasteiger partial charge is 0.301 e. The Labute approximate surface area is 231 Å². The number of ether oxygens (including phenoxy) is 2. The van der Waals surface area contributed by atoms with E-state index in [0.29, 0.717) is 34.4 Å². The molecule has 0 aliphatic carbocycles.